The summed E-state index contributed by atoms with van der Waals surface area (Å²) in [6.07, 6.45) is 45.4. The Morgan fingerprint density at radius 2 is 0.881 bits per heavy atom. The summed E-state index contributed by atoms with van der Waals surface area (Å²) in [5, 5.41) is 0. The van der Waals surface area contributed by atoms with Crippen LogP contribution in [0.25, 0.3) is 0 Å². The summed E-state index contributed by atoms with van der Waals surface area (Å²) in [5.74, 6) is -0.787. The largest absolute Gasteiger partial charge is 0.472 e. The van der Waals surface area contributed by atoms with Crippen LogP contribution < -0.4 is 0 Å². The molecule has 9 nitrogen and oxygen atoms in total. The van der Waals surface area contributed by atoms with Crippen LogP contribution in [0.5, 0.6) is 0 Å². The minimum Gasteiger partial charge on any atom is -0.462 e. The van der Waals surface area contributed by atoms with E-state index in [2.05, 4.69) is 26.0 Å². The van der Waals surface area contributed by atoms with Crippen molar-refractivity contribution in [1.82, 2.24) is 0 Å². The molecule has 0 rings (SSSR count). The Balaban J connectivity index is 4.21. The molecule has 0 saturated heterocycles. The first-order chi connectivity index (χ1) is 28.5. The molecule has 0 fully saturated rings. The second-order valence-corrected chi connectivity index (χ2v) is 19.7. The van der Waals surface area contributed by atoms with Crippen molar-refractivity contribution in [1.29, 1.82) is 0 Å². The summed E-state index contributed by atoms with van der Waals surface area (Å²) < 4.78 is 34.4. The van der Waals surface area contributed by atoms with Gasteiger partial charge in [0.25, 0.3) is 0 Å². The molecule has 0 aliphatic heterocycles. The lowest BCUT2D eigenvalue weighted by Crippen LogP contribution is -2.37. The number of carbonyl (C=O) groups excluding carboxylic acids is 2. The van der Waals surface area contributed by atoms with Crippen molar-refractivity contribution < 1.29 is 42.1 Å². The Morgan fingerprint density at radius 1 is 0.508 bits per heavy atom. The number of phosphoric ester groups is 1. The number of rotatable bonds is 46. The van der Waals surface area contributed by atoms with E-state index in [1.807, 2.05) is 21.1 Å². The maximum atomic E-state index is 12.7. The monoisotopic (exact) mass is 859 g/mol. The summed E-state index contributed by atoms with van der Waals surface area (Å²) in [6, 6.07) is 0. The summed E-state index contributed by atoms with van der Waals surface area (Å²) in [7, 11) is 1.49. The molecule has 0 aromatic carbocycles. The molecule has 0 aromatic rings. The quantitative estimate of drug-likeness (QED) is 0.0212. The summed E-state index contributed by atoms with van der Waals surface area (Å²) in [4.78, 5) is 35.5. The van der Waals surface area contributed by atoms with Crippen LogP contribution >= 0.6 is 7.82 Å². The van der Waals surface area contributed by atoms with E-state index >= 15 is 0 Å². The Hall–Kier alpha value is -1.25. The first-order valence-electron chi connectivity index (χ1n) is 24.9. The van der Waals surface area contributed by atoms with Gasteiger partial charge in [0.2, 0.25) is 0 Å². The van der Waals surface area contributed by atoms with Crippen molar-refractivity contribution in [3.63, 3.8) is 0 Å². The van der Waals surface area contributed by atoms with Gasteiger partial charge in [-0.15, -0.1) is 0 Å². The van der Waals surface area contributed by atoms with Crippen LogP contribution in [-0.2, 0) is 32.7 Å². The molecule has 0 aliphatic carbocycles. The number of hydrogen-bond donors (Lipinski definition) is 1. The van der Waals surface area contributed by atoms with Crippen LogP contribution in [0.1, 0.15) is 239 Å². The van der Waals surface area contributed by atoms with Crippen molar-refractivity contribution in [3.05, 3.63) is 12.2 Å². The highest BCUT2D eigenvalue weighted by atomic mass is 31.2. The number of hydrogen-bond acceptors (Lipinski definition) is 7. The predicted molar refractivity (Wildman–Crippen MR) is 248 cm³/mol. The zero-order chi connectivity index (χ0) is 43.6. The van der Waals surface area contributed by atoms with Crippen LogP contribution in [0.3, 0.4) is 0 Å². The minimum atomic E-state index is -4.37. The lowest BCUT2D eigenvalue weighted by molar-refractivity contribution is -0.870. The van der Waals surface area contributed by atoms with Crippen molar-refractivity contribution in [2.75, 3.05) is 47.5 Å². The Bertz CT molecular complexity index is 1020. The van der Waals surface area contributed by atoms with Crippen LogP contribution in [0, 0.1) is 0 Å². The van der Waals surface area contributed by atoms with Gasteiger partial charge in [0.05, 0.1) is 27.7 Å². The van der Waals surface area contributed by atoms with Crippen LogP contribution in [0.4, 0.5) is 0 Å². The molecule has 0 spiro atoms. The first kappa shape index (κ1) is 57.8. The standard InChI is InChI=1S/C49H96NO8P/c1-6-8-10-12-14-16-18-20-22-23-24-25-26-28-29-31-33-35-37-39-41-48(51)55-45-47(46-57-59(53,54)56-44-43-50(3,4)5)58-49(52)42-40-38-36-34-32-30-27-21-19-17-15-13-11-9-7-2/h13,15,47H,6-12,14,16-46H2,1-5H3/p+1/b15-13+/t47-/m1/s1. The number of likely N-dealkylation sites (N-methyl/N-ethyl adjacent to an activating group) is 1. The zero-order valence-corrected chi connectivity index (χ0v) is 40.4. The lowest BCUT2D eigenvalue weighted by atomic mass is 10.0. The molecular weight excluding hydrogens is 762 g/mol. The van der Waals surface area contributed by atoms with Crippen LogP contribution in [0.2, 0.25) is 0 Å². The normalized spacial score (nSPS) is 13.5. The van der Waals surface area contributed by atoms with E-state index in [0.29, 0.717) is 23.9 Å². The second-order valence-electron chi connectivity index (χ2n) is 18.2. The van der Waals surface area contributed by atoms with Gasteiger partial charge >= 0.3 is 19.8 Å². The lowest BCUT2D eigenvalue weighted by Gasteiger charge is -2.24. The topological polar surface area (TPSA) is 108 Å². The molecule has 2 atom stereocenters. The third-order valence-electron chi connectivity index (χ3n) is 11.0. The molecule has 0 radical (unpaired) electrons. The van der Waals surface area contributed by atoms with Crippen molar-refractivity contribution >= 4 is 19.8 Å². The minimum absolute atomic E-state index is 0.0347. The molecule has 1 N–H and O–H groups in total. The van der Waals surface area contributed by atoms with E-state index in [0.717, 1.165) is 38.5 Å². The number of unbranched alkanes of at least 4 members (excludes halogenated alkanes) is 30. The highest BCUT2D eigenvalue weighted by Crippen LogP contribution is 2.43. The highest BCUT2D eigenvalue weighted by Gasteiger charge is 2.27. The fraction of sp³-hybridized carbons (Fsp3) is 0.918. The van der Waals surface area contributed by atoms with E-state index in [1.165, 1.54) is 167 Å². The van der Waals surface area contributed by atoms with Crippen molar-refractivity contribution in [3.8, 4) is 0 Å². The van der Waals surface area contributed by atoms with Gasteiger partial charge in [-0.2, -0.15) is 0 Å². The molecule has 0 aliphatic rings. The predicted octanol–water partition coefficient (Wildman–Crippen LogP) is 14.5. The van der Waals surface area contributed by atoms with Gasteiger partial charge in [0.15, 0.2) is 6.10 Å². The summed E-state index contributed by atoms with van der Waals surface area (Å²) >= 11 is 0. The van der Waals surface area contributed by atoms with E-state index in [9.17, 15) is 19.0 Å². The molecule has 0 heterocycles. The van der Waals surface area contributed by atoms with Crippen molar-refractivity contribution in [2.24, 2.45) is 0 Å². The third-order valence-corrected chi connectivity index (χ3v) is 12.0. The molecule has 0 saturated carbocycles. The fourth-order valence-electron chi connectivity index (χ4n) is 7.11. The summed E-state index contributed by atoms with van der Waals surface area (Å²) in [5.41, 5.74) is 0. The number of esters is 2. The molecule has 10 heteroatoms. The zero-order valence-electron chi connectivity index (χ0n) is 39.5. The van der Waals surface area contributed by atoms with Gasteiger partial charge < -0.3 is 18.9 Å². The van der Waals surface area contributed by atoms with E-state index in [4.69, 9.17) is 18.5 Å². The highest BCUT2D eigenvalue weighted by molar-refractivity contribution is 7.47. The first-order valence-corrected chi connectivity index (χ1v) is 26.4. The number of phosphoric acid groups is 1. The van der Waals surface area contributed by atoms with Gasteiger partial charge in [-0.25, -0.2) is 4.57 Å². The number of nitrogens with zero attached hydrogens (tertiary/aromatic N) is 1. The van der Waals surface area contributed by atoms with Gasteiger partial charge in [-0.1, -0.05) is 206 Å². The van der Waals surface area contributed by atoms with E-state index < -0.39 is 26.5 Å². The Morgan fingerprint density at radius 3 is 1.31 bits per heavy atom. The number of ether oxygens (including phenoxy) is 2. The molecule has 59 heavy (non-hydrogen) atoms. The molecule has 0 aromatic heterocycles. The smallest absolute Gasteiger partial charge is 0.462 e. The van der Waals surface area contributed by atoms with Crippen LogP contribution in [0.15, 0.2) is 12.2 Å². The molecule has 1 unspecified atom stereocenters. The molecule has 0 bridgehead atoms. The average molecular weight is 859 g/mol. The van der Waals surface area contributed by atoms with Crippen LogP contribution in [-0.4, -0.2) is 74.9 Å². The third kappa shape index (κ3) is 46.1. The number of carbonyl (C=O) groups is 2. The van der Waals surface area contributed by atoms with Crippen molar-refractivity contribution in [2.45, 2.75) is 245 Å². The fourth-order valence-corrected chi connectivity index (χ4v) is 7.86. The maximum Gasteiger partial charge on any atom is 0.472 e. The maximum absolute atomic E-state index is 12.7. The second kappa shape index (κ2) is 42.1. The Labute approximate surface area is 365 Å². The molecular formula is C49H97NO8P+. The SMILES string of the molecule is CCCC/C=C/CCCCCCCCCCCC(=O)O[C@H](COC(=O)CCCCCCCCCCCCCCCCCCCCCC)COP(=O)(O)OCC[N+](C)(C)C. The van der Waals surface area contributed by atoms with Gasteiger partial charge in [-0.05, 0) is 32.1 Å². The van der Waals surface area contributed by atoms with Gasteiger partial charge in [-0.3, -0.25) is 18.6 Å². The van der Waals surface area contributed by atoms with Gasteiger partial charge in [0, 0.05) is 12.8 Å². The number of quaternary nitrogens is 1. The van der Waals surface area contributed by atoms with E-state index in [1.54, 1.807) is 0 Å². The Kier molecular flexibility index (Phi) is 41.2. The summed E-state index contributed by atoms with van der Waals surface area (Å²) in [6.45, 7) is 4.44. The van der Waals surface area contributed by atoms with E-state index in [-0.39, 0.29) is 25.6 Å². The average Bonchev–Trinajstić information content (AvgIpc) is 3.19. The molecule has 350 valence electrons. The van der Waals surface area contributed by atoms with Gasteiger partial charge in [0.1, 0.15) is 19.8 Å². The molecule has 0 amide bonds. The number of allylic oxidation sites excluding steroid dienone is 2.